The molecule has 0 saturated heterocycles. The highest BCUT2D eigenvalue weighted by Crippen LogP contribution is 2.11. The van der Waals surface area contributed by atoms with Crippen LogP contribution < -0.4 is 17.0 Å². The van der Waals surface area contributed by atoms with E-state index in [2.05, 4.69) is 34.6 Å². The molecule has 2 nitrogen and oxygen atoms in total. The average Bonchev–Trinajstić information content (AvgIpc) is 2.34. The first-order valence-electron chi connectivity index (χ1n) is 8.56. The summed E-state index contributed by atoms with van der Waals surface area (Å²) in [6, 6.07) is 0. The molecule has 128 valence electrons. The molecule has 0 aromatic carbocycles. The van der Waals surface area contributed by atoms with E-state index in [0.717, 1.165) is 23.4 Å². The van der Waals surface area contributed by atoms with Crippen molar-refractivity contribution in [1.29, 1.82) is 0 Å². The Labute approximate surface area is 144 Å². The van der Waals surface area contributed by atoms with Crippen molar-refractivity contribution >= 4 is 0 Å². The summed E-state index contributed by atoms with van der Waals surface area (Å²) in [5.41, 5.74) is 0. The number of rotatable bonds is 14. The summed E-state index contributed by atoms with van der Waals surface area (Å²) in [7, 11) is 6.49. The second-order valence-electron chi connectivity index (χ2n) is 7.02. The normalized spacial score (nSPS) is 11.0. The largest absolute Gasteiger partial charge is 1.00 e. The predicted molar refractivity (Wildman–Crippen MR) is 89.8 cm³/mol. The van der Waals surface area contributed by atoms with Gasteiger partial charge in [0.15, 0.2) is 0 Å². The van der Waals surface area contributed by atoms with E-state index in [-0.39, 0.29) is 17.0 Å². The van der Waals surface area contributed by atoms with Gasteiger partial charge in [-0.25, -0.2) is 0 Å². The first kappa shape index (κ1) is 23.2. The van der Waals surface area contributed by atoms with Crippen molar-refractivity contribution in [2.45, 2.75) is 71.1 Å². The monoisotopic (exact) mass is 363 g/mol. The zero-order chi connectivity index (χ0) is 15.3. The van der Waals surface area contributed by atoms with Crippen LogP contribution in [-0.2, 0) is 4.74 Å². The molecule has 3 heteroatoms. The first-order chi connectivity index (χ1) is 9.45. The van der Waals surface area contributed by atoms with Crippen LogP contribution in [0.3, 0.4) is 0 Å². The fourth-order valence-electron chi connectivity index (χ4n) is 2.38. The van der Waals surface area contributed by atoms with E-state index >= 15 is 0 Å². The maximum Gasteiger partial charge on any atom is 0.143 e. The van der Waals surface area contributed by atoms with Crippen molar-refractivity contribution in [2.24, 2.45) is 0 Å². The predicted octanol–water partition coefficient (Wildman–Crippen LogP) is 2.15. The number of quaternary nitrogens is 1. The van der Waals surface area contributed by atoms with Crippen LogP contribution in [0, 0.1) is 0 Å². The SMILES string of the molecule is C=C(C[N+](C)(C)C)OCCCCCCCCCCCC.[Br-]. The maximum atomic E-state index is 5.68. The zero-order valence-electron chi connectivity index (χ0n) is 14.9. The third kappa shape index (κ3) is 20.0. The fraction of sp³-hybridized carbons (Fsp3) is 0.889. The molecule has 0 N–H and O–H groups in total. The summed E-state index contributed by atoms with van der Waals surface area (Å²) in [6.07, 6.45) is 13.7. The van der Waals surface area contributed by atoms with Gasteiger partial charge in [-0.2, -0.15) is 0 Å². The summed E-state index contributed by atoms with van der Waals surface area (Å²) < 4.78 is 6.57. The topological polar surface area (TPSA) is 9.23 Å². The second kappa shape index (κ2) is 14.9. The molecule has 0 heterocycles. The lowest BCUT2D eigenvalue weighted by molar-refractivity contribution is -0.866. The van der Waals surface area contributed by atoms with Gasteiger partial charge in [0.1, 0.15) is 12.3 Å². The number of unbranched alkanes of at least 4 members (excludes halogenated alkanes) is 9. The number of hydrogen-bond donors (Lipinski definition) is 0. The molecule has 0 radical (unpaired) electrons. The van der Waals surface area contributed by atoms with E-state index in [9.17, 15) is 0 Å². The van der Waals surface area contributed by atoms with Crippen molar-refractivity contribution < 1.29 is 26.2 Å². The van der Waals surface area contributed by atoms with Crippen LogP contribution in [-0.4, -0.2) is 38.8 Å². The molecule has 0 aliphatic rings. The fourth-order valence-corrected chi connectivity index (χ4v) is 2.38. The van der Waals surface area contributed by atoms with Crippen molar-refractivity contribution in [3.63, 3.8) is 0 Å². The van der Waals surface area contributed by atoms with Crippen LogP contribution in [0.1, 0.15) is 71.1 Å². The van der Waals surface area contributed by atoms with Gasteiger partial charge >= 0.3 is 0 Å². The van der Waals surface area contributed by atoms with Gasteiger partial charge in [0, 0.05) is 0 Å². The Morgan fingerprint density at radius 3 is 1.67 bits per heavy atom. The number of nitrogens with zero attached hydrogens (tertiary/aromatic N) is 1. The summed E-state index contributed by atoms with van der Waals surface area (Å²) in [5.74, 6) is 0.924. The molecule has 0 aromatic rings. The molecule has 21 heavy (non-hydrogen) atoms. The van der Waals surface area contributed by atoms with Crippen molar-refractivity contribution in [3.05, 3.63) is 12.3 Å². The molecule has 0 amide bonds. The Hall–Kier alpha value is -0.0200. The highest BCUT2D eigenvalue weighted by molar-refractivity contribution is 4.81. The van der Waals surface area contributed by atoms with E-state index in [1.54, 1.807) is 0 Å². The van der Waals surface area contributed by atoms with Gasteiger partial charge in [-0.15, -0.1) is 0 Å². The standard InChI is InChI=1S/C18H38NO.BrH/c1-6-7-8-9-10-11-12-13-14-15-16-20-18(2)17-19(3,4)5;/h2,6-17H2,1,3-5H3;1H/q+1;/p-1. The number of hydrogen-bond acceptors (Lipinski definition) is 1. The molecule has 0 aliphatic carbocycles. The molecular weight excluding hydrogens is 326 g/mol. The van der Waals surface area contributed by atoms with Gasteiger partial charge in [-0.1, -0.05) is 71.3 Å². The number of likely N-dealkylation sites (N-methyl/N-ethyl adjacent to an activating group) is 1. The lowest BCUT2D eigenvalue weighted by Crippen LogP contribution is -3.00. The summed E-state index contributed by atoms with van der Waals surface area (Å²) in [4.78, 5) is 0. The molecular formula is C18H38BrNO. The lowest BCUT2D eigenvalue weighted by atomic mass is 10.1. The molecule has 0 fully saturated rings. The van der Waals surface area contributed by atoms with Gasteiger partial charge in [-0.05, 0) is 6.42 Å². The van der Waals surface area contributed by atoms with E-state index in [1.165, 1.54) is 64.2 Å². The molecule has 0 aromatic heterocycles. The molecule has 0 saturated carbocycles. The Morgan fingerprint density at radius 2 is 1.24 bits per heavy atom. The van der Waals surface area contributed by atoms with Crippen molar-refractivity contribution in [2.75, 3.05) is 34.3 Å². The Bertz CT molecular complexity index is 236. The highest BCUT2D eigenvalue weighted by Gasteiger charge is 2.09. The third-order valence-electron chi connectivity index (χ3n) is 3.45. The van der Waals surface area contributed by atoms with E-state index in [1.807, 2.05) is 0 Å². The maximum absolute atomic E-state index is 5.68. The number of ether oxygens (including phenoxy) is 1. The van der Waals surface area contributed by atoms with Gasteiger partial charge in [-0.3, -0.25) is 0 Å². The quantitative estimate of drug-likeness (QED) is 0.261. The minimum absolute atomic E-state index is 0. The smallest absolute Gasteiger partial charge is 0.143 e. The van der Waals surface area contributed by atoms with Crippen LogP contribution in [0.15, 0.2) is 12.3 Å². The van der Waals surface area contributed by atoms with Gasteiger partial charge < -0.3 is 26.2 Å². The van der Waals surface area contributed by atoms with Crippen LogP contribution in [0.25, 0.3) is 0 Å². The average molecular weight is 364 g/mol. The van der Waals surface area contributed by atoms with Gasteiger partial charge in [0.25, 0.3) is 0 Å². The Morgan fingerprint density at radius 1 is 0.810 bits per heavy atom. The van der Waals surface area contributed by atoms with E-state index in [4.69, 9.17) is 4.74 Å². The van der Waals surface area contributed by atoms with Crippen LogP contribution in [0.2, 0.25) is 0 Å². The molecule has 0 unspecified atom stereocenters. The molecule has 0 spiro atoms. The molecule has 0 atom stereocenters. The second-order valence-corrected chi connectivity index (χ2v) is 7.02. The summed E-state index contributed by atoms with van der Waals surface area (Å²) in [5, 5.41) is 0. The zero-order valence-corrected chi connectivity index (χ0v) is 16.5. The molecule has 0 bridgehead atoms. The van der Waals surface area contributed by atoms with Crippen LogP contribution in [0.5, 0.6) is 0 Å². The van der Waals surface area contributed by atoms with Crippen molar-refractivity contribution in [1.82, 2.24) is 0 Å². The van der Waals surface area contributed by atoms with Gasteiger partial charge in [0.05, 0.1) is 27.7 Å². The number of halogens is 1. The van der Waals surface area contributed by atoms with Crippen LogP contribution >= 0.6 is 0 Å². The van der Waals surface area contributed by atoms with Crippen LogP contribution in [0.4, 0.5) is 0 Å². The Kier molecular flexibility index (Phi) is 16.5. The first-order valence-corrected chi connectivity index (χ1v) is 8.56. The van der Waals surface area contributed by atoms with E-state index < -0.39 is 0 Å². The highest BCUT2D eigenvalue weighted by atomic mass is 79.9. The van der Waals surface area contributed by atoms with E-state index in [0.29, 0.717) is 0 Å². The minimum Gasteiger partial charge on any atom is -1.00 e. The molecule has 0 aliphatic heterocycles. The minimum atomic E-state index is 0. The summed E-state index contributed by atoms with van der Waals surface area (Å²) >= 11 is 0. The third-order valence-corrected chi connectivity index (χ3v) is 3.45. The molecule has 0 rings (SSSR count). The Balaban J connectivity index is 0. The summed E-state index contributed by atoms with van der Waals surface area (Å²) in [6.45, 7) is 8.00. The lowest BCUT2D eigenvalue weighted by Gasteiger charge is -2.24. The van der Waals surface area contributed by atoms with Gasteiger partial charge in [0.2, 0.25) is 0 Å². The van der Waals surface area contributed by atoms with Crippen molar-refractivity contribution in [3.8, 4) is 0 Å².